The average Bonchev–Trinajstić information content (AvgIpc) is 2.84. The first kappa shape index (κ1) is 19.1. The second-order valence-electron chi connectivity index (χ2n) is 6.82. The maximum Gasteiger partial charge on any atom is 0.246 e. The average molecular weight is 365 g/mol. The van der Waals surface area contributed by atoms with Gasteiger partial charge in [-0.3, -0.25) is 4.79 Å². The van der Waals surface area contributed by atoms with Crippen LogP contribution in [-0.4, -0.2) is 26.0 Å². The highest BCUT2D eigenvalue weighted by molar-refractivity contribution is 7.89. The molecule has 0 bridgehead atoms. The van der Waals surface area contributed by atoms with Crippen LogP contribution < -0.4 is 10.0 Å². The summed E-state index contributed by atoms with van der Waals surface area (Å²) in [6.07, 6.45) is 0. The molecule has 0 unspecified atom stereocenters. The minimum atomic E-state index is -3.87. The van der Waals surface area contributed by atoms with E-state index in [9.17, 15) is 13.2 Å². The molecule has 0 radical (unpaired) electrons. The molecule has 7 nitrogen and oxygen atoms in total. The van der Waals surface area contributed by atoms with Gasteiger partial charge in [0.15, 0.2) is 5.76 Å². The fourth-order valence-corrected chi connectivity index (χ4v) is 3.84. The molecule has 0 saturated carbocycles. The summed E-state index contributed by atoms with van der Waals surface area (Å²) in [5.74, 6) is -0.268. The molecule has 0 spiro atoms. The smallest absolute Gasteiger partial charge is 0.246 e. The van der Waals surface area contributed by atoms with E-state index in [2.05, 4.69) is 15.2 Å². The van der Waals surface area contributed by atoms with Crippen LogP contribution in [0.1, 0.15) is 37.8 Å². The van der Waals surface area contributed by atoms with Crippen molar-refractivity contribution in [2.45, 2.75) is 44.9 Å². The van der Waals surface area contributed by atoms with Gasteiger partial charge in [-0.1, -0.05) is 44.1 Å². The van der Waals surface area contributed by atoms with Crippen molar-refractivity contribution in [2.75, 3.05) is 11.9 Å². The fourth-order valence-electron chi connectivity index (χ4n) is 2.53. The third-order valence-electron chi connectivity index (χ3n) is 3.67. The van der Waals surface area contributed by atoms with Gasteiger partial charge in [-0.2, -0.15) is 0 Å². The highest BCUT2D eigenvalue weighted by atomic mass is 32.2. The first-order valence-corrected chi connectivity index (χ1v) is 9.32. The van der Waals surface area contributed by atoms with E-state index < -0.39 is 15.9 Å². The van der Waals surface area contributed by atoms with Crippen LogP contribution in [0.2, 0.25) is 0 Å². The number of anilines is 1. The highest BCUT2D eigenvalue weighted by Gasteiger charge is 2.25. The number of rotatable bonds is 5. The van der Waals surface area contributed by atoms with Crippen molar-refractivity contribution in [2.24, 2.45) is 0 Å². The summed E-state index contributed by atoms with van der Waals surface area (Å²) >= 11 is 0. The monoisotopic (exact) mass is 365 g/mol. The van der Waals surface area contributed by atoms with Crippen LogP contribution in [0.5, 0.6) is 0 Å². The molecule has 0 aliphatic rings. The minimum Gasteiger partial charge on any atom is -0.360 e. The van der Waals surface area contributed by atoms with Gasteiger partial charge in [0.25, 0.3) is 0 Å². The van der Waals surface area contributed by atoms with E-state index >= 15 is 0 Å². The maximum atomic E-state index is 12.3. The van der Waals surface area contributed by atoms with Gasteiger partial charge in [-0.25, -0.2) is 13.1 Å². The Hall–Kier alpha value is -2.19. The van der Waals surface area contributed by atoms with Crippen LogP contribution in [-0.2, 0) is 20.2 Å². The lowest BCUT2D eigenvalue weighted by atomic mass is 9.86. The quantitative estimate of drug-likeness (QED) is 0.848. The Morgan fingerprint density at radius 3 is 2.40 bits per heavy atom. The molecule has 2 N–H and O–H groups in total. The number of nitrogens with one attached hydrogen (secondary N) is 2. The third-order valence-corrected chi connectivity index (χ3v) is 5.31. The van der Waals surface area contributed by atoms with E-state index in [1.165, 1.54) is 13.8 Å². The maximum absolute atomic E-state index is 12.3. The van der Waals surface area contributed by atoms with Crippen LogP contribution in [0.25, 0.3) is 0 Å². The molecular formula is C17H23N3O4S. The summed E-state index contributed by atoms with van der Waals surface area (Å²) in [7, 11) is -3.87. The molecule has 25 heavy (non-hydrogen) atoms. The molecule has 0 aliphatic carbocycles. The SMILES string of the molecule is Cc1noc(C)c1S(=O)(=O)NCC(=O)Nc1ccccc1C(C)(C)C. The van der Waals surface area contributed by atoms with Crippen LogP contribution >= 0.6 is 0 Å². The fraction of sp³-hybridized carbons (Fsp3) is 0.412. The summed E-state index contributed by atoms with van der Waals surface area (Å²) in [4.78, 5) is 12.2. The second kappa shape index (κ2) is 6.97. The first-order valence-electron chi connectivity index (χ1n) is 7.84. The van der Waals surface area contributed by atoms with Crippen LogP contribution in [0.3, 0.4) is 0 Å². The van der Waals surface area contributed by atoms with Crippen molar-refractivity contribution >= 4 is 21.6 Å². The molecular weight excluding hydrogens is 342 g/mol. The van der Waals surface area contributed by atoms with Crippen molar-refractivity contribution in [3.8, 4) is 0 Å². The van der Waals surface area contributed by atoms with E-state index in [0.717, 1.165) is 5.56 Å². The van der Waals surface area contributed by atoms with Gasteiger partial charge in [0.2, 0.25) is 15.9 Å². The minimum absolute atomic E-state index is 0.0320. The Morgan fingerprint density at radius 2 is 1.84 bits per heavy atom. The summed E-state index contributed by atoms with van der Waals surface area (Å²) in [6, 6.07) is 7.44. The molecule has 1 aromatic carbocycles. The highest BCUT2D eigenvalue weighted by Crippen LogP contribution is 2.29. The van der Waals surface area contributed by atoms with Gasteiger partial charge in [0, 0.05) is 5.69 Å². The zero-order valence-electron chi connectivity index (χ0n) is 15.0. The number of carbonyl (C=O) groups excluding carboxylic acids is 1. The molecule has 1 heterocycles. The molecule has 0 aliphatic heterocycles. The molecule has 2 rings (SSSR count). The van der Waals surface area contributed by atoms with Gasteiger partial charge in [-0.05, 0) is 30.9 Å². The number of aryl methyl sites for hydroxylation is 2. The number of hydrogen-bond acceptors (Lipinski definition) is 5. The van der Waals surface area contributed by atoms with E-state index in [0.29, 0.717) is 5.69 Å². The van der Waals surface area contributed by atoms with Gasteiger partial charge >= 0.3 is 0 Å². The van der Waals surface area contributed by atoms with Crippen molar-refractivity contribution in [1.82, 2.24) is 9.88 Å². The summed E-state index contributed by atoms with van der Waals surface area (Å²) in [6.45, 7) is 8.78. The lowest BCUT2D eigenvalue weighted by Gasteiger charge is -2.23. The predicted molar refractivity (Wildman–Crippen MR) is 94.9 cm³/mol. The number of nitrogens with zero attached hydrogens (tertiary/aromatic N) is 1. The normalized spacial score (nSPS) is 12.2. The summed E-state index contributed by atoms with van der Waals surface area (Å²) in [5, 5.41) is 6.38. The number of amides is 1. The van der Waals surface area contributed by atoms with Crippen LogP contribution in [0, 0.1) is 13.8 Å². The van der Waals surface area contributed by atoms with Gasteiger partial charge < -0.3 is 9.84 Å². The zero-order valence-corrected chi connectivity index (χ0v) is 15.8. The van der Waals surface area contributed by atoms with E-state index in [4.69, 9.17) is 4.52 Å². The lowest BCUT2D eigenvalue weighted by molar-refractivity contribution is -0.115. The Morgan fingerprint density at radius 1 is 1.20 bits per heavy atom. The molecule has 0 saturated heterocycles. The first-order chi connectivity index (χ1) is 11.5. The van der Waals surface area contributed by atoms with E-state index in [-0.39, 0.29) is 28.3 Å². The van der Waals surface area contributed by atoms with Crippen molar-refractivity contribution in [3.63, 3.8) is 0 Å². The Kier molecular flexibility index (Phi) is 5.34. The number of benzene rings is 1. The topological polar surface area (TPSA) is 101 Å². The van der Waals surface area contributed by atoms with Crippen molar-refractivity contribution in [1.29, 1.82) is 0 Å². The Balaban J connectivity index is 2.10. The van der Waals surface area contributed by atoms with Gasteiger partial charge in [0.1, 0.15) is 10.6 Å². The van der Waals surface area contributed by atoms with Crippen molar-refractivity contribution in [3.05, 3.63) is 41.3 Å². The van der Waals surface area contributed by atoms with E-state index in [1.54, 1.807) is 6.07 Å². The molecule has 8 heteroatoms. The van der Waals surface area contributed by atoms with Crippen LogP contribution in [0.4, 0.5) is 5.69 Å². The van der Waals surface area contributed by atoms with E-state index in [1.807, 2.05) is 39.0 Å². The molecule has 2 aromatic rings. The summed E-state index contributed by atoms with van der Waals surface area (Å²) in [5.41, 5.74) is 1.73. The molecule has 1 aromatic heterocycles. The summed E-state index contributed by atoms with van der Waals surface area (Å²) < 4.78 is 31.8. The lowest BCUT2D eigenvalue weighted by Crippen LogP contribution is -2.33. The third kappa shape index (κ3) is 4.46. The molecule has 1 amide bonds. The number of carbonyl (C=O) groups is 1. The number of sulfonamides is 1. The Bertz CT molecular complexity index is 860. The molecule has 0 fully saturated rings. The van der Waals surface area contributed by atoms with Crippen LogP contribution in [0.15, 0.2) is 33.7 Å². The van der Waals surface area contributed by atoms with Crippen molar-refractivity contribution < 1.29 is 17.7 Å². The van der Waals surface area contributed by atoms with Gasteiger partial charge in [0.05, 0.1) is 6.54 Å². The molecule has 136 valence electrons. The molecule has 0 atom stereocenters. The zero-order chi connectivity index (χ0) is 18.8. The number of aromatic nitrogens is 1. The second-order valence-corrected chi connectivity index (χ2v) is 8.53. The van der Waals surface area contributed by atoms with Gasteiger partial charge in [-0.15, -0.1) is 0 Å². The standard InChI is InChI=1S/C17H23N3O4S/c1-11-16(12(2)24-20-11)25(22,23)18-10-15(21)19-14-9-7-6-8-13(14)17(3,4)5/h6-9,18H,10H2,1-5H3,(H,19,21). The predicted octanol–water partition coefficient (Wildman–Crippen LogP) is 2.51. The number of hydrogen-bond donors (Lipinski definition) is 2. The Labute approximate surface area is 147 Å². The number of para-hydroxylation sites is 1. The largest absolute Gasteiger partial charge is 0.360 e.